The predicted molar refractivity (Wildman–Crippen MR) is 266 cm³/mol. The van der Waals surface area contributed by atoms with E-state index in [2.05, 4.69) is 74.6 Å². The zero-order valence-corrected chi connectivity index (χ0v) is 41.5. The minimum Gasteiger partial charge on any atom is -0.477 e. The van der Waals surface area contributed by atoms with E-state index >= 15 is 0 Å². The van der Waals surface area contributed by atoms with Crippen LogP contribution < -0.4 is 0 Å². The molecule has 8 heteroatoms. The highest BCUT2D eigenvalue weighted by atomic mass is 16.6. The van der Waals surface area contributed by atoms with Gasteiger partial charge >= 0.3 is 17.9 Å². The topological polar surface area (TPSA) is 99.1 Å². The molecular weight excluding hydrogens is 787 g/mol. The maximum atomic E-state index is 12.8. The fraction of sp³-hybridized carbons (Fsp3) is 0.764. The fourth-order valence-electron chi connectivity index (χ4n) is 7.43. The smallest absolute Gasteiger partial charge is 0.362 e. The lowest BCUT2D eigenvalue weighted by molar-refractivity contribution is -0.887. The van der Waals surface area contributed by atoms with Gasteiger partial charge in [-0.2, -0.15) is 0 Å². The van der Waals surface area contributed by atoms with Gasteiger partial charge in [-0.1, -0.05) is 184 Å². The summed E-state index contributed by atoms with van der Waals surface area (Å²) in [7, 11) is 5.53. The number of unbranched alkanes of at least 4 members (excludes halogenated alkanes) is 22. The maximum absolute atomic E-state index is 12.8. The second-order valence-corrected chi connectivity index (χ2v) is 18.4. The van der Waals surface area contributed by atoms with Gasteiger partial charge in [-0.15, -0.1) is 0 Å². The van der Waals surface area contributed by atoms with Gasteiger partial charge < -0.3 is 23.8 Å². The molecule has 8 nitrogen and oxygen atoms in total. The first-order valence-electron chi connectivity index (χ1n) is 25.8. The van der Waals surface area contributed by atoms with Gasteiger partial charge in [-0.3, -0.25) is 9.59 Å². The van der Waals surface area contributed by atoms with Crippen molar-refractivity contribution >= 4 is 17.9 Å². The van der Waals surface area contributed by atoms with Crippen molar-refractivity contribution in [3.63, 3.8) is 0 Å². The molecule has 0 heterocycles. The van der Waals surface area contributed by atoms with E-state index < -0.39 is 18.1 Å². The summed E-state index contributed by atoms with van der Waals surface area (Å²) in [6.07, 6.45) is 56.9. The van der Waals surface area contributed by atoms with E-state index in [0.29, 0.717) is 19.3 Å². The molecule has 2 unspecified atom stereocenters. The Morgan fingerprint density at radius 1 is 0.492 bits per heavy atom. The predicted octanol–water partition coefficient (Wildman–Crippen LogP) is 14.9. The maximum Gasteiger partial charge on any atom is 0.362 e. The van der Waals surface area contributed by atoms with Crippen molar-refractivity contribution in [3.05, 3.63) is 60.8 Å². The number of esters is 2. The Hall–Kier alpha value is -2.97. The Balaban J connectivity index is 4.27. The Morgan fingerprint density at radius 3 is 1.33 bits per heavy atom. The van der Waals surface area contributed by atoms with Gasteiger partial charge in [0.1, 0.15) is 6.61 Å². The molecule has 63 heavy (non-hydrogen) atoms. The number of carboxylic acid groups (broad SMARTS) is 1. The summed E-state index contributed by atoms with van der Waals surface area (Å²) in [5.41, 5.74) is 0. The average Bonchev–Trinajstić information content (AvgIpc) is 3.24. The highest BCUT2D eigenvalue weighted by Crippen LogP contribution is 2.15. The van der Waals surface area contributed by atoms with Crippen molar-refractivity contribution < 1.29 is 38.2 Å². The van der Waals surface area contributed by atoms with Crippen LogP contribution >= 0.6 is 0 Å². The Kier molecular flexibility index (Phi) is 43.4. The number of hydrogen-bond donors (Lipinski definition) is 1. The van der Waals surface area contributed by atoms with Crippen LogP contribution in [-0.4, -0.2) is 80.6 Å². The molecule has 0 saturated heterocycles. The number of carbonyl (C=O) groups excluding carboxylic acids is 2. The van der Waals surface area contributed by atoms with Crippen LogP contribution in [0.15, 0.2) is 60.8 Å². The molecule has 0 aromatic carbocycles. The molecule has 364 valence electrons. The molecule has 0 aliphatic heterocycles. The van der Waals surface area contributed by atoms with Gasteiger partial charge in [-0.05, 0) is 77.0 Å². The van der Waals surface area contributed by atoms with Gasteiger partial charge in [0.15, 0.2) is 12.1 Å². The number of ether oxygens (including phenoxy) is 3. The molecule has 0 saturated carbocycles. The number of hydrogen-bond acceptors (Lipinski definition) is 6. The quantitative estimate of drug-likeness (QED) is 0.0281. The van der Waals surface area contributed by atoms with Crippen molar-refractivity contribution in [2.75, 3.05) is 41.0 Å². The molecule has 0 aromatic heterocycles. The first-order chi connectivity index (χ1) is 30.6. The van der Waals surface area contributed by atoms with Crippen LogP contribution in [0.1, 0.15) is 219 Å². The minimum atomic E-state index is -0.877. The second-order valence-electron chi connectivity index (χ2n) is 18.4. The van der Waals surface area contributed by atoms with Crippen LogP contribution in [0.5, 0.6) is 0 Å². The number of carboxylic acids is 1. The van der Waals surface area contributed by atoms with Crippen LogP contribution in [0.4, 0.5) is 0 Å². The van der Waals surface area contributed by atoms with Crippen LogP contribution in [0.3, 0.4) is 0 Å². The standard InChI is InChI=1S/C55H97NO7/c1-6-8-10-12-14-16-18-20-22-24-26-28-29-31-33-35-37-39-41-43-45-53(57)62-50-51(49-61-48-47-52(55(59)60)56(3,4)5)63-54(58)46-44-42-40-38-36-34-32-30-27-25-23-21-19-17-15-13-11-9-7-2/h8,10,14,16,20,22,25-28,51-52H,6-7,9,11-13,15,17-19,21,23-24,29-50H2,1-5H3/p+1/b10-8+,16-14+,22-20+,27-25+,28-26+. The lowest BCUT2D eigenvalue weighted by atomic mass is 10.1. The highest BCUT2D eigenvalue weighted by Gasteiger charge is 2.31. The molecule has 0 spiro atoms. The summed E-state index contributed by atoms with van der Waals surface area (Å²) in [5.74, 6) is -1.48. The zero-order valence-electron chi connectivity index (χ0n) is 41.5. The van der Waals surface area contributed by atoms with Crippen LogP contribution in [0, 0.1) is 0 Å². The number of likely N-dealkylation sites (N-methyl/N-ethyl adjacent to an activating group) is 1. The molecule has 0 bridgehead atoms. The van der Waals surface area contributed by atoms with E-state index in [4.69, 9.17) is 14.2 Å². The molecule has 2 atom stereocenters. The van der Waals surface area contributed by atoms with E-state index in [-0.39, 0.29) is 36.2 Å². The van der Waals surface area contributed by atoms with Gasteiger partial charge in [-0.25, -0.2) is 4.79 Å². The largest absolute Gasteiger partial charge is 0.477 e. The van der Waals surface area contributed by atoms with E-state index in [1.165, 1.54) is 116 Å². The first kappa shape index (κ1) is 60.0. The number of nitrogens with zero attached hydrogens (tertiary/aromatic N) is 1. The Morgan fingerprint density at radius 2 is 0.889 bits per heavy atom. The summed E-state index contributed by atoms with van der Waals surface area (Å²) in [6.45, 7) is 4.62. The van der Waals surface area contributed by atoms with E-state index in [1.54, 1.807) is 0 Å². The highest BCUT2D eigenvalue weighted by molar-refractivity contribution is 5.72. The zero-order chi connectivity index (χ0) is 46.3. The van der Waals surface area contributed by atoms with Crippen LogP contribution in [0.2, 0.25) is 0 Å². The van der Waals surface area contributed by atoms with E-state index in [0.717, 1.165) is 70.6 Å². The third-order valence-corrected chi connectivity index (χ3v) is 11.4. The molecule has 0 radical (unpaired) electrons. The Labute approximate surface area is 388 Å². The van der Waals surface area contributed by atoms with E-state index in [9.17, 15) is 19.5 Å². The monoisotopic (exact) mass is 885 g/mol. The lowest BCUT2D eigenvalue weighted by Gasteiger charge is -2.31. The number of aliphatic carboxylic acids is 1. The van der Waals surface area contributed by atoms with Crippen LogP contribution in [-0.2, 0) is 28.6 Å². The molecule has 0 fully saturated rings. The molecule has 0 aromatic rings. The van der Waals surface area contributed by atoms with Crippen LogP contribution in [0.25, 0.3) is 0 Å². The molecule has 0 amide bonds. The first-order valence-corrected chi connectivity index (χ1v) is 25.8. The number of carbonyl (C=O) groups is 3. The molecule has 0 aliphatic carbocycles. The second kappa shape index (κ2) is 45.6. The number of allylic oxidation sites excluding steroid dienone is 10. The minimum absolute atomic E-state index is 0.0547. The van der Waals surface area contributed by atoms with Gasteiger partial charge in [0, 0.05) is 19.3 Å². The van der Waals surface area contributed by atoms with Crippen molar-refractivity contribution in [1.29, 1.82) is 0 Å². The number of rotatable bonds is 46. The van der Waals surface area contributed by atoms with Crippen molar-refractivity contribution in [2.24, 2.45) is 0 Å². The summed E-state index contributed by atoms with van der Waals surface area (Å²) >= 11 is 0. The summed E-state index contributed by atoms with van der Waals surface area (Å²) in [5, 5.41) is 9.66. The van der Waals surface area contributed by atoms with Crippen molar-refractivity contribution in [3.8, 4) is 0 Å². The summed E-state index contributed by atoms with van der Waals surface area (Å²) in [4.78, 5) is 37.2. The fourth-order valence-corrected chi connectivity index (χ4v) is 7.43. The van der Waals surface area contributed by atoms with Crippen molar-refractivity contribution in [1.82, 2.24) is 0 Å². The van der Waals surface area contributed by atoms with Gasteiger partial charge in [0.2, 0.25) is 0 Å². The SMILES string of the molecule is CC/C=C/C/C=C/C/C=C/C/C=C/CCCCCCCCCC(=O)OCC(COCCC(C(=O)O)[N+](C)(C)C)OC(=O)CCCCCCCCC/C=C/CCCCCCCCCC. The third-order valence-electron chi connectivity index (χ3n) is 11.4. The third kappa shape index (κ3) is 44.0. The lowest BCUT2D eigenvalue weighted by Crippen LogP contribution is -2.50. The molecular formula is C55H98NO7+. The average molecular weight is 885 g/mol. The Bertz CT molecular complexity index is 1210. The number of quaternary nitrogens is 1. The summed E-state index contributed by atoms with van der Waals surface area (Å²) < 4.78 is 17.4. The van der Waals surface area contributed by atoms with Gasteiger partial charge in [0.25, 0.3) is 0 Å². The van der Waals surface area contributed by atoms with E-state index in [1.807, 2.05) is 21.1 Å². The molecule has 1 N–H and O–H groups in total. The van der Waals surface area contributed by atoms with Gasteiger partial charge in [0.05, 0.1) is 34.4 Å². The molecule has 0 aliphatic rings. The molecule has 0 rings (SSSR count). The normalized spacial score (nSPS) is 13.3. The van der Waals surface area contributed by atoms with Crippen molar-refractivity contribution in [2.45, 2.75) is 231 Å². The summed E-state index contributed by atoms with van der Waals surface area (Å²) in [6, 6.07) is -0.619.